The van der Waals surface area contributed by atoms with Crippen molar-refractivity contribution in [3.05, 3.63) is 35.4 Å². The molecule has 0 fully saturated rings. The molecule has 0 aliphatic rings. The van der Waals surface area contributed by atoms with E-state index in [-0.39, 0.29) is 5.60 Å². The van der Waals surface area contributed by atoms with Gasteiger partial charge in [-0.05, 0) is 32.8 Å². The second-order valence-corrected chi connectivity index (χ2v) is 5.18. The van der Waals surface area contributed by atoms with E-state index in [0.717, 1.165) is 19.0 Å². The molecule has 5 nitrogen and oxygen atoms in total. The van der Waals surface area contributed by atoms with Crippen LogP contribution < -0.4 is 5.73 Å². The summed E-state index contributed by atoms with van der Waals surface area (Å²) in [4.78, 5) is 20.6. The average Bonchev–Trinajstić information content (AvgIpc) is 2.59. The van der Waals surface area contributed by atoms with Crippen LogP contribution in [-0.2, 0) is 16.0 Å². The van der Waals surface area contributed by atoms with Crippen LogP contribution in [0, 0.1) is 0 Å². The summed E-state index contributed by atoms with van der Waals surface area (Å²) in [5.74, 6) is 0. The number of aliphatic hydroxyl groups is 1. The number of ether oxygens (including phenoxy) is 1. The van der Waals surface area contributed by atoms with Crippen LogP contribution in [0.1, 0.15) is 50.5 Å². The summed E-state index contributed by atoms with van der Waals surface area (Å²) < 4.78 is 4.94. The molecule has 5 heteroatoms. The second-order valence-electron chi connectivity index (χ2n) is 5.18. The van der Waals surface area contributed by atoms with Crippen molar-refractivity contribution in [1.82, 2.24) is 0 Å². The van der Waals surface area contributed by atoms with E-state index < -0.39 is 6.04 Å². The van der Waals surface area contributed by atoms with Crippen LogP contribution in [0.5, 0.6) is 0 Å². The van der Waals surface area contributed by atoms with E-state index in [4.69, 9.17) is 15.6 Å². The zero-order chi connectivity index (χ0) is 18.9. The molecule has 0 saturated carbocycles. The Morgan fingerprint density at radius 3 is 1.78 bits per heavy atom. The number of carbonyl (C=O) groups is 2. The Balaban J connectivity index is -0.000000338. The van der Waals surface area contributed by atoms with Gasteiger partial charge in [0.15, 0.2) is 0 Å². The number of methoxy groups -OCH3 is 1. The summed E-state index contributed by atoms with van der Waals surface area (Å²) in [6.07, 6.45) is 2.01. The lowest BCUT2D eigenvalue weighted by molar-refractivity contribution is -0.108. The van der Waals surface area contributed by atoms with Gasteiger partial charge in [0, 0.05) is 19.8 Å². The highest BCUT2D eigenvalue weighted by atomic mass is 16.5. The molecule has 0 aliphatic heterocycles. The third-order valence-corrected chi connectivity index (χ3v) is 2.37. The van der Waals surface area contributed by atoms with Gasteiger partial charge < -0.3 is 20.4 Å². The fourth-order valence-corrected chi connectivity index (χ4v) is 1.05. The minimum atomic E-state index is -0.456. The zero-order valence-corrected chi connectivity index (χ0v) is 15.5. The van der Waals surface area contributed by atoms with Gasteiger partial charge in [0.1, 0.15) is 12.6 Å². The Morgan fingerprint density at radius 1 is 1.13 bits per heavy atom. The number of rotatable bonds is 4. The maximum absolute atomic E-state index is 10.3. The first-order valence-electron chi connectivity index (χ1n) is 7.57. The maximum atomic E-state index is 10.3. The molecule has 1 rings (SSSR count). The van der Waals surface area contributed by atoms with Gasteiger partial charge in [-0.25, -0.2) is 0 Å². The van der Waals surface area contributed by atoms with Crippen molar-refractivity contribution in [3.8, 4) is 0 Å². The minimum Gasteiger partial charge on any atom is -0.400 e. The molecule has 0 heterocycles. The Hall–Kier alpha value is -1.56. The number of aliphatic hydroxyl groups excluding tert-OH is 1. The van der Waals surface area contributed by atoms with Crippen LogP contribution in [0.2, 0.25) is 0 Å². The topological polar surface area (TPSA) is 89.6 Å². The number of benzene rings is 1. The van der Waals surface area contributed by atoms with Gasteiger partial charge in [-0.2, -0.15) is 0 Å². The predicted molar refractivity (Wildman–Crippen MR) is 95.8 cm³/mol. The largest absolute Gasteiger partial charge is 0.400 e. The molecule has 0 aromatic heterocycles. The molecule has 0 aliphatic carbocycles. The highest BCUT2D eigenvalue weighted by Crippen LogP contribution is 2.04. The van der Waals surface area contributed by atoms with Crippen LogP contribution in [0.4, 0.5) is 0 Å². The summed E-state index contributed by atoms with van der Waals surface area (Å²) in [6, 6.07) is 6.56. The van der Waals surface area contributed by atoms with E-state index in [1.54, 1.807) is 31.4 Å². The van der Waals surface area contributed by atoms with Crippen molar-refractivity contribution in [3.63, 3.8) is 0 Å². The zero-order valence-electron chi connectivity index (χ0n) is 15.5. The number of carbonyl (C=O) groups excluding carboxylic acids is 2. The lowest BCUT2D eigenvalue weighted by Crippen LogP contribution is -2.23. The molecule has 23 heavy (non-hydrogen) atoms. The lowest BCUT2D eigenvalue weighted by Gasteiger charge is -2.14. The normalized spacial score (nSPS) is 10.5. The third-order valence-electron chi connectivity index (χ3n) is 2.37. The third kappa shape index (κ3) is 18.4. The van der Waals surface area contributed by atoms with Crippen molar-refractivity contribution < 1.29 is 19.4 Å². The summed E-state index contributed by atoms with van der Waals surface area (Å²) in [7, 11) is 2.71. The van der Waals surface area contributed by atoms with Crippen molar-refractivity contribution in [2.75, 3.05) is 14.2 Å². The Labute approximate surface area is 140 Å². The van der Waals surface area contributed by atoms with Gasteiger partial charge in [-0.1, -0.05) is 38.1 Å². The minimum absolute atomic E-state index is 0.0417. The van der Waals surface area contributed by atoms with E-state index in [0.29, 0.717) is 18.3 Å². The van der Waals surface area contributed by atoms with Crippen molar-refractivity contribution in [1.29, 1.82) is 0 Å². The molecule has 0 saturated heterocycles. The molecule has 0 bridgehead atoms. The smallest absolute Gasteiger partial charge is 0.150 e. The van der Waals surface area contributed by atoms with Gasteiger partial charge in [0.25, 0.3) is 0 Å². The number of aldehydes is 2. The van der Waals surface area contributed by atoms with Crippen molar-refractivity contribution >= 4 is 12.6 Å². The first kappa shape index (κ1) is 26.3. The molecule has 0 spiro atoms. The van der Waals surface area contributed by atoms with Gasteiger partial charge in [-0.3, -0.25) is 4.79 Å². The number of nitrogens with two attached hydrogens (primary N) is 1. The standard InChI is InChI=1S/C10H11NO2.C5H12O.C2H6.CH4O/c11-10(7-13)5-8-1-3-9(6-12)4-2-8;1-5(2,3)6-4;2*1-2/h1-4,6-7,10H,5,11H2;1-4H3;1-2H3;2H,1H3. The monoisotopic (exact) mass is 327 g/mol. The SMILES string of the molecule is CC.CO.COC(C)(C)C.NC(C=O)Cc1ccc(C=O)cc1. The van der Waals surface area contributed by atoms with Gasteiger partial charge in [0.05, 0.1) is 11.6 Å². The average molecular weight is 327 g/mol. The summed E-state index contributed by atoms with van der Waals surface area (Å²) in [5.41, 5.74) is 7.07. The summed E-state index contributed by atoms with van der Waals surface area (Å²) in [6.45, 7) is 10.1. The molecule has 1 atom stereocenters. The molecule has 1 unspecified atom stereocenters. The quantitative estimate of drug-likeness (QED) is 0.830. The van der Waals surface area contributed by atoms with Crippen LogP contribution in [0.3, 0.4) is 0 Å². The molecule has 1 aromatic carbocycles. The molecule has 134 valence electrons. The Bertz CT molecular complexity index is 383. The van der Waals surface area contributed by atoms with Crippen LogP contribution in [0.15, 0.2) is 24.3 Å². The molecule has 0 radical (unpaired) electrons. The maximum Gasteiger partial charge on any atom is 0.150 e. The summed E-state index contributed by atoms with van der Waals surface area (Å²) in [5, 5.41) is 7.00. The highest BCUT2D eigenvalue weighted by Gasteiger charge is 2.04. The molecular weight excluding hydrogens is 294 g/mol. The summed E-state index contributed by atoms with van der Waals surface area (Å²) >= 11 is 0. The Morgan fingerprint density at radius 2 is 1.52 bits per heavy atom. The molecule has 0 amide bonds. The van der Waals surface area contributed by atoms with Crippen LogP contribution >= 0.6 is 0 Å². The lowest BCUT2D eigenvalue weighted by atomic mass is 10.1. The van der Waals surface area contributed by atoms with E-state index in [1.165, 1.54) is 0 Å². The first-order valence-corrected chi connectivity index (χ1v) is 7.57. The second kappa shape index (κ2) is 16.8. The van der Waals surface area contributed by atoms with Crippen LogP contribution in [-0.4, -0.2) is 43.5 Å². The van der Waals surface area contributed by atoms with Crippen molar-refractivity contribution in [2.24, 2.45) is 5.73 Å². The van der Waals surface area contributed by atoms with Gasteiger partial charge in [0.2, 0.25) is 0 Å². The molecule has 3 N–H and O–H groups in total. The predicted octanol–water partition coefficient (Wildman–Crippen LogP) is 2.63. The van der Waals surface area contributed by atoms with E-state index in [2.05, 4.69) is 0 Å². The first-order chi connectivity index (χ1) is 10.8. The van der Waals surface area contributed by atoms with Crippen molar-refractivity contribution in [2.45, 2.75) is 52.7 Å². The van der Waals surface area contributed by atoms with E-state index in [9.17, 15) is 9.59 Å². The number of hydrogen-bond donors (Lipinski definition) is 2. The van der Waals surface area contributed by atoms with Gasteiger partial charge >= 0.3 is 0 Å². The van der Waals surface area contributed by atoms with E-state index in [1.807, 2.05) is 34.6 Å². The number of hydrogen-bond acceptors (Lipinski definition) is 5. The fraction of sp³-hybridized carbons (Fsp3) is 0.556. The highest BCUT2D eigenvalue weighted by molar-refractivity contribution is 5.74. The molecular formula is C18H33NO4. The Kier molecular flexibility index (Phi) is 19.2. The fourth-order valence-electron chi connectivity index (χ4n) is 1.05. The molecule has 1 aromatic rings. The van der Waals surface area contributed by atoms with Crippen LogP contribution in [0.25, 0.3) is 0 Å². The van der Waals surface area contributed by atoms with Gasteiger partial charge in [-0.15, -0.1) is 0 Å². The van der Waals surface area contributed by atoms with E-state index >= 15 is 0 Å².